The van der Waals surface area contributed by atoms with Crippen molar-refractivity contribution < 1.29 is 13.2 Å². The monoisotopic (exact) mass is 347 g/mol. The molecule has 2 rings (SSSR count). The number of nitriles is 1. The first-order chi connectivity index (χ1) is 9.39. The van der Waals surface area contributed by atoms with Crippen LogP contribution in [0, 0.1) is 11.3 Å². The molecular formula is C13H13BrF3N3. The highest BCUT2D eigenvalue weighted by molar-refractivity contribution is 9.10. The molecule has 1 aromatic rings. The number of piperazine rings is 1. The lowest BCUT2D eigenvalue weighted by Crippen LogP contribution is -2.49. The largest absolute Gasteiger partial charge is 0.401 e. The molecule has 1 saturated heterocycles. The van der Waals surface area contributed by atoms with Gasteiger partial charge in [0.05, 0.1) is 17.8 Å². The van der Waals surface area contributed by atoms with Gasteiger partial charge in [0.1, 0.15) is 6.07 Å². The molecule has 0 N–H and O–H groups in total. The highest BCUT2D eigenvalue weighted by atomic mass is 79.9. The Morgan fingerprint density at radius 1 is 1.20 bits per heavy atom. The van der Waals surface area contributed by atoms with E-state index in [0.717, 1.165) is 10.2 Å². The van der Waals surface area contributed by atoms with Crippen molar-refractivity contribution in [2.75, 3.05) is 37.6 Å². The van der Waals surface area contributed by atoms with Gasteiger partial charge in [0.25, 0.3) is 0 Å². The van der Waals surface area contributed by atoms with Gasteiger partial charge in [-0.15, -0.1) is 0 Å². The molecule has 20 heavy (non-hydrogen) atoms. The van der Waals surface area contributed by atoms with E-state index in [0.29, 0.717) is 31.7 Å². The minimum atomic E-state index is -4.16. The van der Waals surface area contributed by atoms with E-state index in [-0.39, 0.29) is 0 Å². The Bertz CT molecular complexity index is 517. The van der Waals surface area contributed by atoms with E-state index in [9.17, 15) is 13.2 Å². The maximum absolute atomic E-state index is 12.3. The molecule has 1 aromatic carbocycles. The summed E-state index contributed by atoms with van der Waals surface area (Å²) in [5, 5.41) is 9.09. The zero-order valence-corrected chi connectivity index (χ0v) is 12.2. The van der Waals surface area contributed by atoms with E-state index in [4.69, 9.17) is 5.26 Å². The van der Waals surface area contributed by atoms with E-state index >= 15 is 0 Å². The van der Waals surface area contributed by atoms with Gasteiger partial charge in [-0.2, -0.15) is 18.4 Å². The van der Waals surface area contributed by atoms with Crippen LogP contribution in [0.15, 0.2) is 22.7 Å². The molecule has 108 valence electrons. The number of hydrogen-bond donors (Lipinski definition) is 0. The Hall–Kier alpha value is -1.26. The summed E-state index contributed by atoms with van der Waals surface area (Å²) >= 11 is 3.35. The van der Waals surface area contributed by atoms with Crippen molar-refractivity contribution in [2.45, 2.75) is 6.18 Å². The van der Waals surface area contributed by atoms with Gasteiger partial charge in [0.15, 0.2) is 0 Å². The third-order valence-corrected chi connectivity index (χ3v) is 3.69. The third-order valence-electron chi connectivity index (χ3n) is 3.20. The number of benzene rings is 1. The predicted molar refractivity (Wildman–Crippen MR) is 73.6 cm³/mol. The smallest absolute Gasteiger partial charge is 0.368 e. The third kappa shape index (κ3) is 3.87. The molecule has 1 heterocycles. The van der Waals surface area contributed by atoms with Gasteiger partial charge in [-0.3, -0.25) is 4.90 Å². The Morgan fingerprint density at radius 3 is 2.40 bits per heavy atom. The van der Waals surface area contributed by atoms with Crippen LogP contribution in [0.1, 0.15) is 5.56 Å². The van der Waals surface area contributed by atoms with Crippen molar-refractivity contribution in [3.63, 3.8) is 0 Å². The van der Waals surface area contributed by atoms with Crippen LogP contribution in [0.25, 0.3) is 0 Å². The van der Waals surface area contributed by atoms with E-state index in [1.54, 1.807) is 12.1 Å². The van der Waals surface area contributed by atoms with E-state index in [2.05, 4.69) is 22.0 Å². The fourth-order valence-corrected chi connectivity index (χ4v) is 2.61. The van der Waals surface area contributed by atoms with E-state index in [1.807, 2.05) is 11.0 Å². The van der Waals surface area contributed by atoms with Crippen LogP contribution >= 0.6 is 15.9 Å². The van der Waals surface area contributed by atoms with Crippen molar-refractivity contribution in [2.24, 2.45) is 0 Å². The SMILES string of the molecule is N#Cc1ccc(Br)cc1N1CCN(CC(F)(F)F)CC1. The lowest BCUT2D eigenvalue weighted by Gasteiger charge is -2.36. The van der Waals surface area contributed by atoms with E-state index in [1.165, 1.54) is 4.90 Å². The maximum Gasteiger partial charge on any atom is 0.401 e. The summed E-state index contributed by atoms with van der Waals surface area (Å²) in [5.74, 6) is 0. The zero-order chi connectivity index (χ0) is 14.8. The first-order valence-corrected chi connectivity index (χ1v) is 6.92. The molecule has 7 heteroatoms. The van der Waals surface area contributed by atoms with Crippen molar-refractivity contribution in [3.8, 4) is 6.07 Å². The highest BCUT2D eigenvalue weighted by Crippen LogP contribution is 2.26. The fraction of sp³-hybridized carbons (Fsp3) is 0.462. The van der Waals surface area contributed by atoms with Crippen LogP contribution < -0.4 is 4.90 Å². The molecule has 0 aliphatic carbocycles. The van der Waals surface area contributed by atoms with Crippen LogP contribution in [0.5, 0.6) is 0 Å². The summed E-state index contributed by atoms with van der Waals surface area (Å²) in [6.45, 7) is 0.792. The standard InChI is InChI=1S/C13H13BrF3N3/c14-11-2-1-10(8-18)12(7-11)20-5-3-19(4-6-20)9-13(15,16)17/h1-2,7H,3-6,9H2. The fourth-order valence-electron chi connectivity index (χ4n) is 2.26. The summed E-state index contributed by atoms with van der Waals surface area (Å²) in [4.78, 5) is 3.34. The second kappa shape index (κ2) is 6.02. The quantitative estimate of drug-likeness (QED) is 0.823. The summed E-state index contributed by atoms with van der Waals surface area (Å²) < 4.78 is 37.8. The lowest BCUT2D eigenvalue weighted by molar-refractivity contribution is -0.146. The van der Waals surface area contributed by atoms with Crippen LogP contribution in [-0.4, -0.2) is 43.8 Å². The summed E-state index contributed by atoms with van der Waals surface area (Å²) in [6.07, 6.45) is -4.16. The number of rotatable bonds is 2. The molecule has 1 fully saturated rings. The second-order valence-corrected chi connectivity index (χ2v) is 5.57. The Labute approximate surface area is 123 Å². The van der Waals surface area contributed by atoms with E-state index < -0.39 is 12.7 Å². The number of anilines is 1. The first-order valence-electron chi connectivity index (χ1n) is 6.13. The van der Waals surface area contributed by atoms with Crippen molar-refractivity contribution >= 4 is 21.6 Å². The van der Waals surface area contributed by atoms with Gasteiger partial charge in [-0.05, 0) is 18.2 Å². The molecule has 0 aromatic heterocycles. The average Bonchev–Trinajstić information content (AvgIpc) is 2.38. The van der Waals surface area contributed by atoms with Gasteiger partial charge < -0.3 is 4.90 Å². The molecular weight excluding hydrogens is 335 g/mol. The molecule has 0 atom stereocenters. The van der Waals surface area contributed by atoms with Gasteiger partial charge >= 0.3 is 6.18 Å². The van der Waals surface area contributed by atoms with Crippen LogP contribution in [0.2, 0.25) is 0 Å². The highest BCUT2D eigenvalue weighted by Gasteiger charge is 2.32. The Balaban J connectivity index is 2.04. The van der Waals surface area contributed by atoms with Crippen LogP contribution in [-0.2, 0) is 0 Å². The number of alkyl halides is 3. The van der Waals surface area contributed by atoms with Gasteiger partial charge in [-0.1, -0.05) is 15.9 Å². The molecule has 1 aliphatic rings. The number of nitrogens with zero attached hydrogens (tertiary/aromatic N) is 3. The second-order valence-electron chi connectivity index (χ2n) is 4.65. The lowest BCUT2D eigenvalue weighted by atomic mass is 10.1. The van der Waals surface area contributed by atoms with Crippen molar-refractivity contribution in [3.05, 3.63) is 28.2 Å². The van der Waals surface area contributed by atoms with Crippen molar-refractivity contribution in [1.29, 1.82) is 5.26 Å². The Kier molecular flexibility index (Phi) is 4.55. The number of hydrogen-bond acceptors (Lipinski definition) is 3. The minimum Gasteiger partial charge on any atom is -0.368 e. The average molecular weight is 348 g/mol. The Morgan fingerprint density at radius 2 is 1.85 bits per heavy atom. The molecule has 3 nitrogen and oxygen atoms in total. The minimum absolute atomic E-state index is 0.344. The van der Waals surface area contributed by atoms with Crippen molar-refractivity contribution in [1.82, 2.24) is 4.90 Å². The molecule has 0 saturated carbocycles. The molecule has 0 amide bonds. The van der Waals surface area contributed by atoms with Crippen LogP contribution in [0.3, 0.4) is 0 Å². The molecule has 1 aliphatic heterocycles. The van der Waals surface area contributed by atoms with Gasteiger partial charge in [-0.25, -0.2) is 0 Å². The molecule has 0 spiro atoms. The molecule has 0 bridgehead atoms. The van der Waals surface area contributed by atoms with Crippen LogP contribution in [0.4, 0.5) is 18.9 Å². The number of halogens is 4. The topological polar surface area (TPSA) is 30.3 Å². The molecule has 0 radical (unpaired) electrons. The van der Waals surface area contributed by atoms with Gasteiger partial charge in [0, 0.05) is 30.7 Å². The zero-order valence-electron chi connectivity index (χ0n) is 10.6. The maximum atomic E-state index is 12.3. The summed E-state index contributed by atoms with van der Waals surface area (Å²) in [5.41, 5.74) is 1.31. The summed E-state index contributed by atoms with van der Waals surface area (Å²) in [6, 6.07) is 7.43. The van der Waals surface area contributed by atoms with Gasteiger partial charge in [0.2, 0.25) is 0 Å². The first kappa shape index (κ1) is 15.1. The normalized spacial score (nSPS) is 17.1. The summed E-state index contributed by atoms with van der Waals surface area (Å²) in [7, 11) is 0. The molecule has 0 unspecified atom stereocenters. The predicted octanol–water partition coefficient (Wildman–Crippen LogP) is 3.01.